The Balaban J connectivity index is 0.973. The van der Waals surface area contributed by atoms with Gasteiger partial charge in [0, 0.05) is 85.5 Å². The number of fused-ring (bicyclic) bond motifs is 5. The molecule has 8 atom stereocenters. The third kappa shape index (κ3) is 11.6. The van der Waals surface area contributed by atoms with Gasteiger partial charge in [-0.2, -0.15) is 0 Å². The van der Waals surface area contributed by atoms with Gasteiger partial charge in [0.1, 0.15) is 16.6 Å². The molecule has 8 N–H and O–H groups in total. The van der Waals surface area contributed by atoms with Gasteiger partial charge < -0.3 is 46.7 Å². The van der Waals surface area contributed by atoms with E-state index in [1.54, 1.807) is 0 Å². The number of hydrogen-bond acceptors (Lipinski definition) is 13. The number of rotatable bonds is 6. The molecule has 0 radical (unpaired) electrons. The largest absolute Gasteiger partial charge is 0.504 e. The van der Waals surface area contributed by atoms with Crippen LogP contribution >= 0.6 is 21.6 Å². The number of ether oxygens (including phenoxy) is 2. The van der Waals surface area contributed by atoms with Crippen LogP contribution in [0.4, 0.5) is 0 Å². The van der Waals surface area contributed by atoms with E-state index in [9.17, 15) is 19.8 Å². The van der Waals surface area contributed by atoms with Gasteiger partial charge in [0.15, 0.2) is 17.5 Å². The maximum absolute atomic E-state index is 14.5. The van der Waals surface area contributed by atoms with Crippen molar-refractivity contribution in [3.8, 4) is 11.5 Å². The van der Waals surface area contributed by atoms with Crippen LogP contribution in [0.1, 0.15) is 170 Å². The Morgan fingerprint density at radius 3 is 2.62 bits per heavy atom. The lowest BCUT2D eigenvalue weighted by Gasteiger charge is -2.44. The number of phenols is 1. The number of carbonyl (C=O) groups is 2. The van der Waals surface area contributed by atoms with Gasteiger partial charge in [-0.3, -0.25) is 14.6 Å². The lowest BCUT2D eigenvalue weighted by Crippen LogP contribution is -2.55. The number of phenolic OH excluding ortho intramolecular Hbond substituents is 1. The van der Waals surface area contributed by atoms with Gasteiger partial charge in [-0.05, 0) is 150 Å². The van der Waals surface area contributed by atoms with Crippen LogP contribution in [-0.2, 0) is 33.7 Å². The predicted molar refractivity (Wildman–Crippen MR) is 294 cm³/mol. The Bertz CT molecular complexity index is 2440. The molecule has 0 unspecified atom stereocenters. The number of benzene rings is 2. The molecule has 0 aromatic heterocycles. The van der Waals surface area contributed by atoms with E-state index in [1.807, 2.05) is 32.6 Å². The minimum absolute atomic E-state index is 0.0411. The summed E-state index contributed by atoms with van der Waals surface area (Å²) < 4.78 is 13.1. The summed E-state index contributed by atoms with van der Waals surface area (Å²) in [5, 5.41) is 31.2. The number of aromatic hydroxyl groups is 1. The average molecular weight is 1040 g/mol. The summed E-state index contributed by atoms with van der Waals surface area (Å²) in [6.45, 7) is 3.29. The van der Waals surface area contributed by atoms with Crippen molar-refractivity contribution in [2.45, 2.75) is 190 Å². The van der Waals surface area contributed by atoms with Crippen LogP contribution in [0.5, 0.6) is 11.5 Å². The Morgan fingerprint density at radius 2 is 1.79 bits per heavy atom. The molecule has 4 fully saturated rings. The quantitative estimate of drug-likeness (QED) is 0.0916. The number of dihydropyridines is 1. The minimum Gasteiger partial charge on any atom is -0.504 e. The van der Waals surface area contributed by atoms with Crippen molar-refractivity contribution >= 4 is 39.4 Å². The van der Waals surface area contributed by atoms with Crippen molar-refractivity contribution in [1.82, 2.24) is 15.5 Å². The highest BCUT2D eigenvalue weighted by Gasteiger charge is 2.57. The molecule has 73 heavy (non-hydrogen) atoms. The number of allylic oxidation sites excluding steroid dienone is 3. The number of aliphatic hydroxyl groups excluding tert-OH is 1. The fourth-order valence-corrected chi connectivity index (χ4v) is 18.7. The van der Waals surface area contributed by atoms with Gasteiger partial charge >= 0.3 is 5.97 Å². The average Bonchev–Trinajstić information content (AvgIpc) is 4.12. The summed E-state index contributed by atoms with van der Waals surface area (Å²) in [6, 6.07) is 12.9. The fourth-order valence-electron chi connectivity index (χ4n) is 14.8. The van der Waals surface area contributed by atoms with Gasteiger partial charge in [0.2, 0.25) is 5.91 Å². The van der Waals surface area contributed by atoms with Crippen LogP contribution in [0.25, 0.3) is 0 Å². The summed E-state index contributed by atoms with van der Waals surface area (Å²) in [5.74, 6) is 3.44. The number of aliphatic hydroxyl groups is 1. The van der Waals surface area contributed by atoms with Crippen LogP contribution in [0, 0.1) is 22.7 Å². The Hall–Kier alpha value is -4.27. The summed E-state index contributed by atoms with van der Waals surface area (Å²) in [4.78, 5) is 34.0. The smallest absolute Gasteiger partial charge is 0.302 e. The number of aryl methyl sites for hydroxylation is 2. The summed E-state index contributed by atoms with van der Waals surface area (Å²) in [7, 11) is 4.03. The van der Waals surface area contributed by atoms with Crippen LogP contribution in [0.2, 0.25) is 0 Å². The van der Waals surface area contributed by atoms with Crippen molar-refractivity contribution in [3.63, 3.8) is 0 Å². The standard InChI is InChI=1S/C59H82N6O6S2/c1-40(66)70-49-19-18-44-32-46(53(69)54-52(44)45-20-27-58(71-54)25-9-14-47(58)33-45)37-65-39-56(36-51(65)68,35-43-21-29-62-50(60)31-43)28-30-63-55(61)64-59(26-10-24-57(59)22-7-8-23-57)73-72-38-42(13-5-6-15-48(67)34-49)17-16-41-11-3-2-4-12-41/h2-4,11-12,20-21,27,31-32,42,45,47-49,62,67,69H,5-10,13-19,22-26,28-30,33-39,60H2,1H3,(H3,61,63,64)/t42-,45-,47-,48+,49-,56+,58+,59+/m1/s1. The van der Waals surface area contributed by atoms with Gasteiger partial charge in [0.05, 0.1) is 11.9 Å². The number of aliphatic imine (C=N–C) groups is 1. The molecule has 5 heterocycles. The van der Waals surface area contributed by atoms with Gasteiger partial charge in [-0.25, -0.2) is 0 Å². The maximum Gasteiger partial charge on any atom is 0.302 e. The highest BCUT2D eigenvalue weighted by Crippen LogP contribution is 2.63. The topological polar surface area (TPSA) is 185 Å². The second-order valence-corrected chi connectivity index (χ2v) is 26.1. The molecule has 1 saturated heterocycles. The first-order valence-corrected chi connectivity index (χ1v) is 30.4. The number of nitrogens with two attached hydrogens (primary N) is 2. The normalized spacial score (nSPS) is 32.9. The Morgan fingerprint density at radius 1 is 0.973 bits per heavy atom. The first-order valence-electron chi connectivity index (χ1n) is 28.1. The van der Waals surface area contributed by atoms with Gasteiger partial charge in [0.25, 0.3) is 0 Å². The van der Waals surface area contributed by atoms with Crippen LogP contribution in [0.15, 0.2) is 77.1 Å². The number of carbonyl (C=O) groups excluding carboxylic acids is 2. The molecular formula is C59H82N6O6S2. The van der Waals surface area contributed by atoms with E-state index in [0.717, 1.165) is 86.7 Å². The molecule has 5 aliphatic heterocycles. The van der Waals surface area contributed by atoms with E-state index in [-0.39, 0.29) is 40.4 Å². The molecular weight excluding hydrogens is 953 g/mol. The molecule has 4 aliphatic carbocycles. The number of nitrogens with one attached hydrogen (secondary N) is 2. The monoisotopic (exact) mass is 1030 g/mol. The van der Waals surface area contributed by atoms with Crippen molar-refractivity contribution in [3.05, 3.63) is 94.4 Å². The number of amides is 1. The summed E-state index contributed by atoms with van der Waals surface area (Å²) in [6.07, 6.45) is 28.8. The van der Waals surface area contributed by atoms with Crippen molar-refractivity contribution in [1.29, 1.82) is 0 Å². The first-order chi connectivity index (χ1) is 35.3. The Kier molecular flexibility index (Phi) is 16.1. The molecule has 6 bridgehead atoms. The molecule has 1 amide bonds. The zero-order valence-corrected chi connectivity index (χ0v) is 45.0. The molecule has 2 aromatic carbocycles. The van der Waals surface area contributed by atoms with Crippen molar-refractivity contribution in [2.24, 2.45) is 39.1 Å². The van der Waals surface area contributed by atoms with Crippen LogP contribution < -0.4 is 26.8 Å². The molecule has 3 spiro atoms. The van der Waals surface area contributed by atoms with E-state index in [4.69, 9.17) is 25.9 Å². The first kappa shape index (κ1) is 52.2. The zero-order valence-electron chi connectivity index (χ0n) is 43.4. The third-order valence-electron chi connectivity index (χ3n) is 18.5. The molecule has 11 rings (SSSR count). The fraction of sp³-hybridized carbons (Fsp3) is 0.644. The van der Waals surface area contributed by atoms with E-state index in [2.05, 4.69) is 65.3 Å². The molecule has 9 aliphatic rings. The lowest BCUT2D eigenvalue weighted by molar-refractivity contribution is -0.148. The highest BCUT2D eigenvalue weighted by atomic mass is 33.1. The van der Waals surface area contributed by atoms with Gasteiger partial charge in [-0.15, -0.1) is 0 Å². The summed E-state index contributed by atoms with van der Waals surface area (Å²) >= 11 is 0. The van der Waals surface area contributed by atoms with E-state index < -0.39 is 23.2 Å². The minimum atomic E-state index is -0.611. The Labute approximate surface area is 442 Å². The molecule has 14 heteroatoms. The van der Waals surface area contributed by atoms with Crippen molar-refractivity contribution < 1.29 is 29.3 Å². The molecule has 3 saturated carbocycles. The second kappa shape index (κ2) is 22.5. The molecule has 12 nitrogen and oxygen atoms in total. The number of hydrogen-bond donors (Lipinski definition) is 6. The van der Waals surface area contributed by atoms with Crippen molar-refractivity contribution in [2.75, 3.05) is 25.4 Å². The van der Waals surface area contributed by atoms with E-state index in [0.29, 0.717) is 99.5 Å². The number of nitrogens with zero attached hydrogens (tertiary/aromatic N) is 2. The van der Waals surface area contributed by atoms with Gasteiger partial charge in [-0.1, -0.05) is 89.8 Å². The zero-order chi connectivity index (χ0) is 50.6. The lowest BCUT2D eigenvalue weighted by atomic mass is 9.75. The third-order valence-corrected chi connectivity index (χ3v) is 21.9. The molecule has 396 valence electrons. The second-order valence-electron chi connectivity index (χ2n) is 23.5. The van der Waals surface area contributed by atoms with E-state index in [1.165, 1.54) is 51.0 Å². The van der Waals surface area contributed by atoms with Crippen LogP contribution in [0.3, 0.4) is 0 Å². The predicted octanol–water partition coefficient (Wildman–Crippen LogP) is 10.4. The van der Waals surface area contributed by atoms with E-state index >= 15 is 0 Å². The molecule has 2 aromatic rings. The summed E-state index contributed by atoms with van der Waals surface area (Å²) in [5.41, 5.74) is 17.8. The number of esters is 1. The highest BCUT2D eigenvalue weighted by molar-refractivity contribution is 8.77. The van der Waals surface area contributed by atoms with Crippen LogP contribution in [-0.4, -0.2) is 81.0 Å². The maximum atomic E-state index is 14.5. The number of guanidine groups is 1. The SMILES string of the molecule is CC(=O)O[C@@H]1CCc2cc(c(O)c3c2[C@@H]2C=C[C@]4(CCC[C@@H]4C2)O3)CN2C[C@](CC3=CCNC(N)=C3)(CCN=C(N)N[C@@]3(CCCC34CCCC4)SSC[C@@H](CCc3ccccc3)CCCC[C@H](O)C1)CC2=O.